The molecule has 0 aromatic rings. The summed E-state index contributed by atoms with van der Waals surface area (Å²) in [4.78, 5) is 0. The van der Waals surface area contributed by atoms with E-state index in [1.807, 2.05) is 0 Å². The number of hydrogen-bond acceptors (Lipinski definition) is 3. The van der Waals surface area contributed by atoms with Crippen LogP contribution in [-0.2, 0) is 4.74 Å². The summed E-state index contributed by atoms with van der Waals surface area (Å²) in [5, 5.41) is 3.79. The summed E-state index contributed by atoms with van der Waals surface area (Å²) < 4.78 is 5.55. The molecule has 0 aromatic heterocycles. The third-order valence-corrected chi connectivity index (χ3v) is 4.33. The quantitative estimate of drug-likeness (QED) is 0.761. The summed E-state index contributed by atoms with van der Waals surface area (Å²) in [7, 11) is 0. The van der Waals surface area contributed by atoms with Gasteiger partial charge < -0.3 is 10.1 Å². The SMILES string of the molecule is CC1CC(NC2CCCSC2)CCO1. The largest absolute Gasteiger partial charge is 0.378 e. The van der Waals surface area contributed by atoms with E-state index in [1.165, 1.54) is 37.2 Å². The topological polar surface area (TPSA) is 21.3 Å². The van der Waals surface area contributed by atoms with Crippen molar-refractivity contribution in [3.05, 3.63) is 0 Å². The maximum atomic E-state index is 5.55. The number of nitrogens with one attached hydrogen (secondary N) is 1. The molecule has 0 aromatic carbocycles. The van der Waals surface area contributed by atoms with Crippen molar-refractivity contribution in [3.63, 3.8) is 0 Å². The van der Waals surface area contributed by atoms with Crippen LogP contribution in [-0.4, -0.2) is 36.3 Å². The fourth-order valence-electron chi connectivity index (χ4n) is 2.35. The van der Waals surface area contributed by atoms with E-state index in [9.17, 15) is 0 Å². The predicted octanol–water partition coefficient (Wildman–Crippen LogP) is 2.04. The highest BCUT2D eigenvalue weighted by Gasteiger charge is 2.22. The van der Waals surface area contributed by atoms with Gasteiger partial charge in [0.2, 0.25) is 0 Å². The maximum Gasteiger partial charge on any atom is 0.0561 e. The smallest absolute Gasteiger partial charge is 0.0561 e. The zero-order valence-electron chi connectivity index (χ0n) is 9.00. The Balaban J connectivity index is 1.72. The van der Waals surface area contributed by atoms with Gasteiger partial charge in [-0.2, -0.15) is 11.8 Å². The molecule has 0 aliphatic carbocycles. The molecule has 0 saturated carbocycles. The van der Waals surface area contributed by atoms with Gasteiger partial charge >= 0.3 is 0 Å². The van der Waals surface area contributed by atoms with Crippen molar-refractivity contribution in [1.29, 1.82) is 0 Å². The van der Waals surface area contributed by atoms with E-state index in [4.69, 9.17) is 4.74 Å². The summed E-state index contributed by atoms with van der Waals surface area (Å²) in [6.45, 7) is 3.13. The Morgan fingerprint density at radius 3 is 2.93 bits per heavy atom. The Morgan fingerprint density at radius 2 is 2.21 bits per heavy atom. The average molecular weight is 215 g/mol. The fraction of sp³-hybridized carbons (Fsp3) is 1.00. The van der Waals surface area contributed by atoms with Gasteiger partial charge in [-0.3, -0.25) is 0 Å². The van der Waals surface area contributed by atoms with Crippen molar-refractivity contribution in [2.75, 3.05) is 18.1 Å². The molecule has 2 fully saturated rings. The third-order valence-electron chi connectivity index (χ3n) is 3.12. The second-order valence-corrected chi connectivity index (χ2v) is 5.63. The van der Waals surface area contributed by atoms with Crippen molar-refractivity contribution < 1.29 is 4.74 Å². The van der Waals surface area contributed by atoms with Crippen LogP contribution in [0.1, 0.15) is 32.6 Å². The van der Waals surface area contributed by atoms with E-state index < -0.39 is 0 Å². The molecular weight excluding hydrogens is 194 g/mol. The normalized spacial score (nSPS) is 39.6. The molecule has 0 amide bonds. The first-order valence-corrected chi connectivity index (χ1v) is 6.95. The lowest BCUT2D eigenvalue weighted by atomic mass is 10.0. The summed E-state index contributed by atoms with van der Waals surface area (Å²) in [5.74, 6) is 2.67. The van der Waals surface area contributed by atoms with Crippen LogP contribution in [0.25, 0.3) is 0 Å². The second kappa shape index (κ2) is 5.38. The zero-order chi connectivity index (χ0) is 9.80. The zero-order valence-corrected chi connectivity index (χ0v) is 9.81. The van der Waals surface area contributed by atoms with E-state index in [1.54, 1.807) is 0 Å². The van der Waals surface area contributed by atoms with Gasteiger partial charge in [-0.1, -0.05) is 0 Å². The Bertz CT molecular complexity index is 171. The summed E-state index contributed by atoms with van der Waals surface area (Å²) in [6.07, 6.45) is 5.62. The Labute approximate surface area is 91.2 Å². The fourth-order valence-corrected chi connectivity index (χ4v) is 3.44. The number of ether oxygens (including phenoxy) is 1. The number of thioether (sulfide) groups is 1. The minimum Gasteiger partial charge on any atom is -0.378 e. The molecule has 2 saturated heterocycles. The van der Waals surface area contributed by atoms with Gasteiger partial charge in [-0.15, -0.1) is 0 Å². The van der Waals surface area contributed by atoms with Crippen LogP contribution >= 0.6 is 11.8 Å². The van der Waals surface area contributed by atoms with Crippen LogP contribution in [0.4, 0.5) is 0 Å². The Morgan fingerprint density at radius 1 is 1.29 bits per heavy atom. The van der Waals surface area contributed by atoms with Crippen molar-refractivity contribution in [2.24, 2.45) is 0 Å². The highest BCUT2D eigenvalue weighted by atomic mass is 32.2. The minimum absolute atomic E-state index is 0.456. The Hall–Kier alpha value is 0.270. The van der Waals surface area contributed by atoms with Crippen molar-refractivity contribution >= 4 is 11.8 Å². The van der Waals surface area contributed by atoms with Crippen LogP contribution < -0.4 is 5.32 Å². The van der Waals surface area contributed by atoms with Gasteiger partial charge in [-0.25, -0.2) is 0 Å². The first kappa shape index (κ1) is 10.8. The third kappa shape index (κ3) is 3.14. The summed E-state index contributed by atoms with van der Waals surface area (Å²) in [6, 6.07) is 1.48. The van der Waals surface area contributed by atoms with E-state index in [2.05, 4.69) is 24.0 Å². The monoisotopic (exact) mass is 215 g/mol. The van der Waals surface area contributed by atoms with Gasteiger partial charge in [0.05, 0.1) is 6.10 Å². The first-order valence-electron chi connectivity index (χ1n) is 5.80. The highest BCUT2D eigenvalue weighted by molar-refractivity contribution is 7.99. The standard InChI is InChI=1S/C11H21NOS/c1-9-7-10(4-5-13-9)12-11-3-2-6-14-8-11/h9-12H,2-8H2,1H3. The van der Waals surface area contributed by atoms with Crippen molar-refractivity contribution in [1.82, 2.24) is 5.32 Å². The molecule has 0 spiro atoms. The second-order valence-electron chi connectivity index (χ2n) is 4.48. The minimum atomic E-state index is 0.456. The lowest BCUT2D eigenvalue weighted by molar-refractivity contribution is 0.0115. The number of rotatable bonds is 2. The molecule has 2 nitrogen and oxygen atoms in total. The molecule has 14 heavy (non-hydrogen) atoms. The molecule has 1 N–H and O–H groups in total. The molecule has 2 aliphatic rings. The molecular formula is C11H21NOS. The molecule has 0 bridgehead atoms. The van der Waals surface area contributed by atoms with E-state index in [0.29, 0.717) is 12.1 Å². The van der Waals surface area contributed by atoms with E-state index >= 15 is 0 Å². The predicted molar refractivity (Wildman–Crippen MR) is 61.9 cm³/mol. The van der Waals surface area contributed by atoms with Gasteiger partial charge in [-0.05, 0) is 38.4 Å². The maximum absolute atomic E-state index is 5.55. The van der Waals surface area contributed by atoms with Crippen LogP contribution in [0.2, 0.25) is 0 Å². The van der Waals surface area contributed by atoms with Crippen LogP contribution in [0.3, 0.4) is 0 Å². The molecule has 0 radical (unpaired) electrons. The van der Waals surface area contributed by atoms with Crippen molar-refractivity contribution in [3.8, 4) is 0 Å². The molecule has 82 valence electrons. The molecule has 3 heteroatoms. The van der Waals surface area contributed by atoms with Crippen LogP contribution in [0.15, 0.2) is 0 Å². The summed E-state index contributed by atoms with van der Waals surface area (Å²) >= 11 is 2.10. The average Bonchev–Trinajstić information content (AvgIpc) is 2.19. The van der Waals surface area contributed by atoms with Crippen LogP contribution in [0.5, 0.6) is 0 Å². The first-order chi connectivity index (χ1) is 6.84. The molecule has 3 atom stereocenters. The van der Waals surface area contributed by atoms with Gasteiger partial charge in [0.15, 0.2) is 0 Å². The lowest BCUT2D eigenvalue weighted by Crippen LogP contribution is -2.45. The van der Waals surface area contributed by atoms with Gasteiger partial charge in [0.1, 0.15) is 0 Å². The number of hydrogen-bond donors (Lipinski definition) is 1. The van der Waals surface area contributed by atoms with Gasteiger partial charge in [0.25, 0.3) is 0 Å². The molecule has 2 aliphatic heterocycles. The molecule has 2 rings (SSSR count). The molecule has 2 heterocycles. The van der Waals surface area contributed by atoms with Gasteiger partial charge in [0, 0.05) is 24.4 Å². The lowest BCUT2D eigenvalue weighted by Gasteiger charge is -2.33. The Kier molecular flexibility index (Phi) is 4.14. The summed E-state index contributed by atoms with van der Waals surface area (Å²) in [5.41, 5.74) is 0. The van der Waals surface area contributed by atoms with Crippen molar-refractivity contribution in [2.45, 2.75) is 50.8 Å². The van der Waals surface area contributed by atoms with E-state index in [-0.39, 0.29) is 0 Å². The van der Waals surface area contributed by atoms with E-state index in [0.717, 1.165) is 12.6 Å². The highest BCUT2D eigenvalue weighted by Crippen LogP contribution is 2.20. The molecule has 3 unspecified atom stereocenters. The van der Waals surface area contributed by atoms with Crippen LogP contribution in [0, 0.1) is 0 Å².